The van der Waals surface area contributed by atoms with Crippen molar-refractivity contribution in [2.45, 2.75) is 6.54 Å². The van der Waals surface area contributed by atoms with Crippen molar-refractivity contribution in [3.63, 3.8) is 0 Å². The SMILES string of the molecule is O=C(NCc1ccccn1)c1cccc(NC(=O)c2ccn(-c3ccccc3)n2)c1. The van der Waals surface area contributed by atoms with Crippen molar-refractivity contribution >= 4 is 17.5 Å². The Kier molecular flexibility index (Phi) is 5.61. The summed E-state index contributed by atoms with van der Waals surface area (Å²) in [6, 6.07) is 23.5. The van der Waals surface area contributed by atoms with E-state index in [0.717, 1.165) is 11.4 Å². The molecule has 2 aromatic heterocycles. The zero-order chi connectivity index (χ0) is 20.8. The molecule has 30 heavy (non-hydrogen) atoms. The van der Waals surface area contributed by atoms with Crippen molar-refractivity contribution in [2.24, 2.45) is 0 Å². The van der Waals surface area contributed by atoms with Gasteiger partial charge in [-0.2, -0.15) is 5.10 Å². The highest BCUT2D eigenvalue weighted by atomic mass is 16.2. The number of anilines is 1. The summed E-state index contributed by atoms with van der Waals surface area (Å²) in [6.45, 7) is 0.327. The summed E-state index contributed by atoms with van der Waals surface area (Å²) in [5.74, 6) is -0.596. The second-order valence-corrected chi connectivity index (χ2v) is 6.52. The lowest BCUT2D eigenvalue weighted by molar-refractivity contribution is 0.0949. The third kappa shape index (κ3) is 4.59. The number of carbonyl (C=O) groups is 2. The molecular formula is C23H19N5O2. The van der Waals surface area contributed by atoms with Crippen molar-refractivity contribution in [3.8, 4) is 5.69 Å². The molecule has 0 bridgehead atoms. The molecule has 0 aliphatic rings. The molecule has 0 radical (unpaired) electrons. The molecule has 2 N–H and O–H groups in total. The molecule has 2 amide bonds. The molecule has 0 saturated heterocycles. The van der Waals surface area contributed by atoms with Crippen LogP contribution in [0.25, 0.3) is 5.69 Å². The van der Waals surface area contributed by atoms with Crippen LogP contribution in [0.4, 0.5) is 5.69 Å². The Hall–Kier alpha value is -4.26. The molecule has 2 heterocycles. The minimum Gasteiger partial charge on any atom is -0.346 e. The Bertz CT molecular complexity index is 1160. The molecule has 4 rings (SSSR count). The monoisotopic (exact) mass is 397 g/mol. The summed E-state index contributed by atoms with van der Waals surface area (Å²) in [7, 11) is 0. The number of nitrogens with one attached hydrogen (secondary N) is 2. The molecule has 0 aliphatic heterocycles. The highest BCUT2D eigenvalue weighted by Crippen LogP contribution is 2.13. The van der Waals surface area contributed by atoms with Gasteiger partial charge in [-0.3, -0.25) is 14.6 Å². The van der Waals surface area contributed by atoms with E-state index in [1.54, 1.807) is 47.4 Å². The predicted molar refractivity (Wildman–Crippen MR) is 113 cm³/mol. The van der Waals surface area contributed by atoms with E-state index >= 15 is 0 Å². The largest absolute Gasteiger partial charge is 0.346 e. The lowest BCUT2D eigenvalue weighted by Gasteiger charge is -2.08. The number of carbonyl (C=O) groups excluding carboxylic acids is 2. The Morgan fingerprint density at radius 1 is 0.867 bits per heavy atom. The first-order chi connectivity index (χ1) is 14.7. The molecule has 0 fully saturated rings. The van der Waals surface area contributed by atoms with Crippen LogP contribution in [0.5, 0.6) is 0 Å². The van der Waals surface area contributed by atoms with Crippen LogP contribution in [0.15, 0.2) is 91.3 Å². The fourth-order valence-corrected chi connectivity index (χ4v) is 2.88. The zero-order valence-corrected chi connectivity index (χ0v) is 16.0. The fraction of sp³-hybridized carbons (Fsp3) is 0.0435. The molecule has 0 unspecified atom stereocenters. The molecule has 4 aromatic rings. The van der Waals surface area contributed by atoms with Gasteiger partial charge in [0.1, 0.15) is 0 Å². The average Bonchev–Trinajstić information content (AvgIpc) is 3.30. The number of hydrogen-bond acceptors (Lipinski definition) is 4. The number of rotatable bonds is 6. The lowest BCUT2D eigenvalue weighted by Crippen LogP contribution is -2.23. The topological polar surface area (TPSA) is 88.9 Å². The number of amides is 2. The van der Waals surface area contributed by atoms with E-state index in [1.807, 2.05) is 48.5 Å². The molecule has 0 saturated carbocycles. The minimum atomic E-state index is -0.351. The number of hydrogen-bond donors (Lipinski definition) is 2. The Morgan fingerprint density at radius 3 is 2.50 bits per heavy atom. The molecule has 0 aliphatic carbocycles. The Morgan fingerprint density at radius 2 is 1.70 bits per heavy atom. The van der Waals surface area contributed by atoms with E-state index in [2.05, 4.69) is 20.7 Å². The molecule has 7 nitrogen and oxygen atoms in total. The maximum atomic E-state index is 12.6. The van der Waals surface area contributed by atoms with Crippen molar-refractivity contribution < 1.29 is 9.59 Å². The smallest absolute Gasteiger partial charge is 0.276 e. The van der Waals surface area contributed by atoms with Crippen LogP contribution in [-0.2, 0) is 6.54 Å². The van der Waals surface area contributed by atoms with E-state index in [1.165, 1.54) is 0 Å². The van der Waals surface area contributed by atoms with Crippen LogP contribution < -0.4 is 10.6 Å². The Labute approximate surface area is 173 Å². The van der Waals surface area contributed by atoms with Gasteiger partial charge in [-0.05, 0) is 48.5 Å². The van der Waals surface area contributed by atoms with Gasteiger partial charge in [-0.25, -0.2) is 4.68 Å². The van der Waals surface area contributed by atoms with Crippen molar-refractivity contribution in [2.75, 3.05) is 5.32 Å². The van der Waals surface area contributed by atoms with Crippen molar-refractivity contribution in [1.29, 1.82) is 0 Å². The summed E-state index contributed by atoms with van der Waals surface area (Å²) in [5.41, 5.74) is 2.87. The van der Waals surface area contributed by atoms with Crippen molar-refractivity contribution in [3.05, 3.63) is 108 Å². The highest BCUT2D eigenvalue weighted by Gasteiger charge is 2.12. The first kappa shape index (κ1) is 19.1. The third-order valence-corrected chi connectivity index (χ3v) is 4.38. The first-order valence-electron chi connectivity index (χ1n) is 9.40. The number of aromatic nitrogens is 3. The van der Waals surface area contributed by atoms with Gasteiger partial charge in [-0.1, -0.05) is 30.3 Å². The maximum Gasteiger partial charge on any atom is 0.276 e. The molecule has 2 aromatic carbocycles. The van der Waals surface area contributed by atoms with Crippen LogP contribution in [0.3, 0.4) is 0 Å². The van der Waals surface area contributed by atoms with E-state index < -0.39 is 0 Å². The average molecular weight is 397 g/mol. The van der Waals surface area contributed by atoms with Gasteiger partial charge in [0.2, 0.25) is 0 Å². The maximum absolute atomic E-state index is 12.6. The lowest BCUT2D eigenvalue weighted by atomic mass is 10.2. The van der Waals surface area contributed by atoms with Gasteiger partial charge in [-0.15, -0.1) is 0 Å². The van der Waals surface area contributed by atoms with Gasteiger partial charge < -0.3 is 10.6 Å². The van der Waals surface area contributed by atoms with Gasteiger partial charge in [0, 0.05) is 23.6 Å². The summed E-state index contributed by atoms with van der Waals surface area (Å²) in [4.78, 5) is 29.2. The molecule has 0 atom stereocenters. The van der Waals surface area contributed by atoms with E-state index in [-0.39, 0.29) is 17.5 Å². The molecule has 0 spiro atoms. The van der Waals surface area contributed by atoms with Crippen LogP contribution >= 0.6 is 0 Å². The first-order valence-corrected chi connectivity index (χ1v) is 9.40. The standard InChI is InChI=1S/C23H19N5O2/c29-22(25-16-19-8-4-5-13-24-19)17-7-6-9-18(15-17)26-23(30)21-12-14-28(27-21)20-10-2-1-3-11-20/h1-15H,16H2,(H,25,29)(H,26,30). The quantitative estimate of drug-likeness (QED) is 0.522. The molecule has 148 valence electrons. The fourth-order valence-electron chi connectivity index (χ4n) is 2.88. The van der Waals surface area contributed by atoms with E-state index in [9.17, 15) is 9.59 Å². The van der Waals surface area contributed by atoms with Crippen molar-refractivity contribution in [1.82, 2.24) is 20.1 Å². The number of benzene rings is 2. The van der Waals surface area contributed by atoms with Gasteiger partial charge >= 0.3 is 0 Å². The van der Waals surface area contributed by atoms with Gasteiger partial charge in [0.15, 0.2) is 5.69 Å². The summed E-state index contributed by atoms with van der Waals surface area (Å²) < 4.78 is 1.64. The number of nitrogens with zero attached hydrogens (tertiary/aromatic N) is 3. The summed E-state index contributed by atoms with van der Waals surface area (Å²) >= 11 is 0. The summed E-state index contributed by atoms with van der Waals surface area (Å²) in [5, 5.41) is 9.92. The van der Waals surface area contributed by atoms with E-state index in [4.69, 9.17) is 0 Å². The van der Waals surface area contributed by atoms with Crippen LogP contribution in [-0.4, -0.2) is 26.6 Å². The second kappa shape index (κ2) is 8.83. The van der Waals surface area contributed by atoms with Gasteiger partial charge in [0.05, 0.1) is 17.9 Å². The number of para-hydroxylation sites is 1. The number of pyridine rings is 1. The van der Waals surface area contributed by atoms with Crippen LogP contribution in [0.2, 0.25) is 0 Å². The minimum absolute atomic E-state index is 0.245. The molecular weight excluding hydrogens is 378 g/mol. The third-order valence-electron chi connectivity index (χ3n) is 4.38. The van der Waals surface area contributed by atoms with Crippen LogP contribution in [0, 0.1) is 0 Å². The normalized spacial score (nSPS) is 10.4. The summed E-state index contributed by atoms with van der Waals surface area (Å²) in [6.07, 6.45) is 3.41. The van der Waals surface area contributed by atoms with Crippen LogP contribution in [0.1, 0.15) is 26.5 Å². The zero-order valence-electron chi connectivity index (χ0n) is 16.0. The van der Waals surface area contributed by atoms with E-state index in [0.29, 0.717) is 17.8 Å². The highest BCUT2D eigenvalue weighted by molar-refractivity contribution is 6.03. The predicted octanol–water partition coefficient (Wildman–Crippen LogP) is 3.45. The molecule has 7 heteroatoms. The van der Waals surface area contributed by atoms with Gasteiger partial charge in [0.25, 0.3) is 11.8 Å². The second-order valence-electron chi connectivity index (χ2n) is 6.52. The Balaban J connectivity index is 1.41.